The Balaban J connectivity index is 2.21. The largest absolute Gasteiger partial charge is 0.356 e. The number of amides is 2. The Kier molecular flexibility index (Phi) is 9.98. The summed E-state index contributed by atoms with van der Waals surface area (Å²) in [5, 5.41) is 5.78. The molecule has 20 heavy (non-hydrogen) atoms. The molecule has 1 saturated heterocycles. The highest BCUT2D eigenvalue weighted by atomic mass is 16.2. The van der Waals surface area contributed by atoms with Gasteiger partial charge in [0.2, 0.25) is 11.8 Å². The molecule has 1 aliphatic rings. The van der Waals surface area contributed by atoms with Crippen molar-refractivity contribution >= 4 is 11.8 Å². The number of nitrogens with one attached hydrogen (secondary N) is 2. The van der Waals surface area contributed by atoms with Crippen LogP contribution in [0.3, 0.4) is 0 Å². The van der Waals surface area contributed by atoms with Gasteiger partial charge in [-0.05, 0) is 12.8 Å². The fraction of sp³-hybridized carbons (Fsp3) is 0.875. The molecule has 0 saturated carbocycles. The van der Waals surface area contributed by atoms with E-state index in [0.29, 0.717) is 12.8 Å². The predicted octanol–water partition coefficient (Wildman–Crippen LogP) is 2.91. The third-order valence-corrected chi connectivity index (χ3v) is 3.83. The molecule has 0 bridgehead atoms. The van der Waals surface area contributed by atoms with Crippen LogP contribution in [0, 0.1) is 0 Å². The van der Waals surface area contributed by atoms with Gasteiger partial charge in [0, 0.05) is 25.9 Å². The molecule has 1 rings (SSSR count). The van der Waals surface area contributed by atoms with Crippen molar-refractivity contribution < 1.29 is 9.59 Å². The zero-order chi connectivity index (χ0) is 14.5. The molecule has 0 unspecified atom stereocenters. The highest BCUT2D eigenvalue weighted by molar-refractivity contribution is 5.83. The maximum Gasteiger partial charge on any atom is 0.220 e. The van der Waals surface area contributed by atoms with E-state index in [-0.39, 0.29) is 11.8 Å². The number of hydrogen-bond acceptors (Lipinski definition) is 2. The number of carbonyl (C=O) groups is 2. The molecule has 4 heteroatoms. The molecule has 1 aliphatic heterocycles. The van der Waals surface area contributed by atoms with Gasteiger partial charge < -0.3 is 10.6 Å². The maximum absolute atomic E-state index is 11.5. The zero-order valence-corrected chi connectivity index (χ0v) is 12.7. The Hall–Kier alpha value is -1.06. The van der Waals surface area contributed by atoms with Crippen LogP contribution in [0.15, 0.2) is 0 Å². The molecule has 2 N–H and O–H groups in total. The first-order valence-corrected chi connectivity index (χ1v) is 8.32. The maximum atomic E-state index is 11.5. The van der Waals surface area contributed by atoms with Crippen molar-refractivity contribution in [2.45, 2.75) is 77.0 Å². The third-order valence-electron chi connectivity index (χ3n) is 3.83. The third kappa shape index (κ3) is 9.82. The summed E-state index contributed by atoms with van der Waals surface area (Å²) in [6, 6.07) is 0. The fourth-order valence-corrected chi connectivity index (χ4v) is 2.52. The summed E-state index contributed by atoms with van der Waals surface area (Å²) in [6.07, 6.45) is 13.0. The van der Waals surface area contributed by atoms with E-state index in [9.17, 15) is 9.59 Å². The van der Waals surface area contributed by atoms with Gasteiger partial charge in [-0.3, -0.25) is 9.59 Å². The first kappa shape index (κ1) is 17.0. The van der Waals surface area contributed by atoms with Crippen LogP contribution in [0.2, 0.25) is 0 Å². The van der Waals surface area contributed by atoms with E-state index in [1.165, 1.54) is 51.4 Å². The van der Waals surface area contributed by atoms with E-state index in [1.54, 1.807) is 0 Å². The molecule has 0 aromatic carbocycles. The minimum atomic E-state index is 0.00117. The van der Waals surface area contributed by atoms with Gasteiger partial charge >= 0.3 is 0 Å². The van der Waals surface area contributed by atoms with Crippen molar-refractivity contribution in [3.8, 4) is 0 Å². The standard InChI is InChI=1S/C16H30N2O2/c19-15-11-12-16(20)18-14-10-8-6-4-2-1-3-5-7-9-13-17-15/h1-14H2,(H,17,19)(H,18,20). The second kappa shape index (κ2) is 11.7. The molecule has 116 valence electrons. The molecule has 2 amide bonds. The Bertz CT molecular complexity index is 252. The van der Waals surface area contributed by atoms with E-state index in [0.717, 1.165) is 25.9 Å². The molecule has 4 nitrogen and oxygen atoms in total. The number of hydrogen-bond donors (Lipinski definition) is 2. The van der Waals surface area contributed by atoms with Crippen molar-refractivity contribution in [3.63, 3.8) is 0 Å². The van der Waals surface area contributed by atoms with Gasteiger partial charge in [-0.1, -0.05) is 51.4 Å². The summed E-state index contributed by atoms with van der Waals surface area (Å²) >= 11 is 0. The van der Waals surface area contributed by atoms with Crippen LogP contribution >= 0.6 is 0 Å². The van der Waals surface area contributed by atoms with E-state index in [4.69, 9.17) is 0 Å². The lowest BCUT2D eigenvalue weighted by Crippen LogP contribution is -2.28. The summed E-state index contributed by atoms with van der Waals surface area (Å²) in [4.78, 5) is 23.1. The highest BCUT2D eigenvalue weighted by Crippen LogP contribution is 2.10. The summed E-state index contributed by atoms with van der Waals surface area (Å²) in [7, 11) is 0. The monoisotopic (exact) mass is 282 g/mol. The molecule has 1 fully saturated rings. The minimum Gasteiger partial charge on any atom is -0.356 e. The molecule has 0 aromatic rings. The fourth-order valence-electron chi connectivity index (χ4n) is 2.52. The molecule has 0 aliphatic carbocycles. The van der Waals surface area contributed by atoms with Gasteiger partial charge in [0.1, 0.15) is 0 Å². The molecule has 0 atom stereocenters. The van der Waals surface area contributed by atoms with Crippen molar-refractivity contribution in [1.29, 1.82) is 0 Å². The smallest absolute Gasteiger partial charge is 0.220 e. The SMILES string of the molecule is O=C1CCC(=O)NCCCCCCCCCCCCN1. The first-order chi connectivity index (χ1) is 9.79. The lowest BCUT2D eigenvalue weighted by atomic mass is 10.1. The van der Waals surface area contributed by atoms with Gasteiger partial charge in [-0.25, -0.2) is 0 Å². The van der Waals surface area contributed by atoms with Gasteiger partial charge in [0.25, 0.3) is 0 Å². The average Bonchev–Trinajstić information content (AvgIpc) is 2.44. The molecule has 1 heterocycles. The highest BCUT2D eigenvalue weighted by Gasteiger charge is 2.06. The van der Waals surface area contributed by atoms with Crippen LogP contribution in [0.5, 0.6) is 0 Å². The molecular weight excluding hydrogens is 252 g/mol. The van der Waals surface area contributed by atoms with E-state index in [2.05, 4.69) is 10.6 Å². The van der Waals surface area contributed by atoms with Crippen molar-refractivity contribution in [3.05, 3.63) is 0 Å². The van der Waals surface area contributed by atoms with E-state index in [1.807, 2.05) is 0 Å². The minimum absolute atomic E-state index is 0.00117. The Labute approximate surface area is 123 Å². The van der Waals surface area contributed by atoms with Crippen molar-refractivity contribution in [2.75, 3.05) is 13.1 Å². The normalized spacial score (nSPS) is 22.2. The topological polar surface area (TPSA) is 58.2 Å². The molecule has 0 radical (unpaired) electrons. The van der Waals surface area contributed by atoms with Gasteiger partial charge in [0.15, 0.2) is 0 Å². The second-order valence-corrected chi connectivity index (χ2v) is 5.74. The lowest BCUT2D eigenvalue weighted by Gasteiger charge is -2.08. The predicted molar refractivity (Wildman–Crippen MR) is 81.4 cm³/mol. The van der Waals surface area contributed by atoms with Crippen LogP contribution in [0.25, 0.3) is 0 Å². The van der Waals surface area contributed by atoms with Crippen LogP contribution < -0.4 is 10.6 Å². The summed E-state index contributed by atoms with van der Waals surface area (Å²) in [5.41, 5.74) is 0. The molecular formula is C16H30N2O2. The van der Waals surface area contributed by atoms with Gasteiger partial charge in [0.05, 0.1) is 0 Å². The van der Waals surface area contributed by atoms with Crippen LogP contribution in [0.1, 0.15) is 77.0 Å². The van der Waals surface area contributed by atoms with Crippen molar-refractivity contribution in [1.82, 2.24) is 10.6 Å². The first-order valence-electron chi connectivity index (χ1n) is 8.32. The van der Waals surface area contributed by atoms with E-state index >= 15 is 0 Å². The summed E-state index contributed by atoms with van der Waals surface area (Å²) in [5.74, 6) is 0.00235. The van der Waals surface area contributed by atoms with Crippen LogP contribution in [-0.2, 0) is 9.59 Å². The zero-order valence-electron chi connectivity index (χ0n) is 12.7. The number of carbonyl (C=O) groups excluding carboxylic acids is 2. The quantitative estimate of drug-likeness (QED) is 0.717. The van der Waals surface area contributed by atoms with Gasteiger partial charge in [-0.2, -0.15) is 0 Å². The molecule has 0 spiro atoms. The Morgan fingerprint density at radius 2 is 0.800 bits per heavy atom. The average molecular weight is 282 g/mol. The lowest BCUT2D eigenvalue weighted by molar-refractivity contribution is -0.126. The second-order valence-electron chi connectivity index (χ2n) is 5.74. The Morgan fingerprint density at radius 3 is 1.15 bits per heavy atom. The summed E-state index contributed by atoms with van der Waals surface area (Å²) in [6.45, 7) is 1.50. The van der Waals surface area contributed by atoms with Crippen molar-refractivity contribution in [2.24, 2.45) is 0 Å². The Morgan fingerprint density at radius 1 is 0.500 bits per heavy atom. The van der Waals surface area contributed by atoms with Gasteiger partial charge in [-0.15, -0.1) is 0 Å². The summed E-state index contributed by atoms with van der Waals surface area (Å²) < 4.78 is 0. The van der Waals surface area contributed by atoms with Crippen LogP contribution in [-0.4, -0.2) is 24.9 Å². The van der Waals surface area contributed by atoms with E-state index < -0.39 is 0 Å². The molecule has 0 aromatic heterocycles. The number of rotatable bonds is 0. The van der Waals surface area contributed by atoms with Crippen LogP contribution in [0.4, 0.5) is 0 Å².